The van der Waals surface area contributed by atoms with Gasteiger partial charge in [0.15, 0.2) is 11.7 Å². The number of aliphatic imine (C=N–C) groups is 1. The zero-order chi connectivity index (χ0) is 18.7. The Balaban J connectivity index is 1.53. The number of nitrogens with one attached hydrogen (secondary N) is 2. The Morgan fingerprint density at radius 3 is 2.69 bits per heavy atom. The van der Waals surface area contributed by atoms with Crippen molar-refractivity contribution < 1.29 is 13.2 Å². The lowest BCUT2D eigenvalue weighted by molar-refractivity contribution is -0.142. The highest BCUT2D eigenvalue weighted by Gasteiger charge is 2.37. The Bertz CT molecular complexity index is 633. The first kappa shape index (κ1) is 19.0. The predicted molar refractivity (Wildman–Crippen MR) is 93.8 cm³/mol. The number of aryl methyl sites for hydroxylation is 1. The van der Waals surface area contributed by atoms with Gasteiger partial charge in [0.25, 0.3) is 0 Å². The number of halogens is 3. The normalized spacial score (nSPS) is 23.0. The number of hydrogen-bond acceptors (Lipinski definition) is 3. The highest BCUT2D eigenvalue weighted by Crippen LogP contribution is 2.30. The molecule has 2 aliphatic rings. The van der Waals surface area contributed by atoms with Crippen molar-refractivity contribution in [3.63, 3.8) is 0 Å². The minimum atomic E-state index is -4.46. The van der Waals surface area contributed by atoms with Crippen molar-refractivity contribution in [1.82, 2.24) is 25.3 Å². The number of aromatic nitrogens is 2. The van der Waals surface area contributed by atoms with Gasteiger partial charge in [0.1, 0.15) is 0 Å². The fourth-order valence-corrected chi connectivity index (χ4v) is 3.98. The van der Waals surface area contributed by atoms with Crippen LogP contribution in [-0.2, 0) is 19.8 Å². The number of likely N-dealkylation sites (tertiary alicyclic amines) is 1. The molecule has 0 aromatic carbocycles. The maximum absolute atomic E-state index is 13.0. The van der Waals surface area contributed by atoms with Crippen LogP contribution in [0.3, 0.4) is 0 Å². The molecule has 1 unspecified atom stereocenters. The van der Waals surface area contributed by atoms with Crippen molar-refractivity contribution in [2.45, 2.75) is 56.9 Å². The molecule has 2 heterocycles. The molecule has 1 aromatic heterocycles. The van der Waals surface area contributed by atoms with E-state index in [-0.39, 0.29) is 18.2 Å². The van der Waals surface area contributed by atoms with E-state index in [1.165, 1.54) is 43.6 Å². The van der Waals surface area contributed by atoms with E-state index in [1.807, 2.05) is 0 Å². The van der Waals surface area contributed by atoms with E-state index >= 15 is 0 Å². The number of rotatable bonds is 4. The van der Waals surface area contributed by atoms with Gasteiger partial charge in [0.05, 0.1) is 0 Å². The average Bonchev–Trinajstić information content (AvgIpc) is 3.30. The summed E-state index contributed by atoms with van der Waals surface area (Å²) in [7, 11) is 3.12. The van der Waals surface area contributed by atoms with Gasteiger partial charge < -0.3 is 10.6 Å². The van der Waals surface area contributed by atoms with Gasteiger partial charge in [-0.25, -0.2) is 0 Å². The Kier molecular flexibility index (Phi) is 5.74. The van der Waals surface area contributed by atoms with Crippen LogP contribution in [-0.4, -0.2) is 52.9 Å². The number of alkyl halides is 3. The van der Waals surface area contributed by atoms with Crippen LogP contribution in [0.4, 0.5) is 13.2 Å². The summed E-state index contributed by atoms with van der Waals surface area (Å²) in [6.45, 7) is 2.06. The van der Waals surface area contributed by atoms with Gasteiger partial charge in [-0.05, 0) is 19.3 Å². The zero-order valence-corrected chi connectivity index (χ0v) is 15.3. The van der Waals surface area contributed by atoms with Gasteiger partial charge in [0, 0.05) is 57.6 Å². The van der Waals surface area contributed by atoms with E-state index < -0.39 is 11.9 Å². The maximum Gasteiger partial charge on any atom is 0.435 e. The third kappa shape index (κ3) is 4.49. The van der Waals surface area contributed by atoms with Crippen LogP contribution in [0.15, 0.2) is 11.2 Å². The third-order valence-corrected chi connectivity index (χ3v) is 5.24. The number of guanidine groups is 1. The molecule has 1 atom stereocenters. The maximum atomic E-state index is 13.0. The highest BCUT2D eigenvalue weighted by atomic mass is 19.4. The fourth-order valence-electron chi connectivity index (χ4n) is 3.98. The molecule has 6 nitrogen and oxygen atoms in total. The van der Waals surface area contributed by atoms with Crippen molar-refractivity contribution in [1.29, 1.82) is 0 Å². The third-order valence-electron chi connectivity index (χ3n) is 5.24. The van der Waals surface area contributed by atoms with Gasteiger partial charge in [-0.3, -0.25) is 14.6 Å². The lowest BCUT2D eigenvalue weighted by Gasteiger charge is -2.24. The average molecular weight is 372 g/mol. The van der Waals surface area contributed by atoms with E-state index in [4.69, 9.17) is 0 Å². The molecular formula is C17H27F3N6. The molecule has 0 bridgehead atoms. The molecule has 1 saturated carbocycles. The van der Waals surface area contributed by atoms with Crippen LogP contribution in [0.5, 0.6) is 0 Å². The Morgan fingerprint density at radius 1 is 1.31 bits per heavy atom. The van der Waals surface area contributed by atoms with Gasteiger partial charge in [-0.2, -0.15) is 18.3 Å². The van der Waals surface area contributed by atoms with Crippen molar-refractivity contribution in [3.05, 3.63) is 17.5 Å². The van der Waals surface area contributed by atoms with E-state index in [0.717, 1.165) is 19.5 Å². The van der Waals surface area contributed by atoms with E-state index in [1.54, 1.807) is 7.05 Å². The molecule has 3 rings (SSSR count). The van der Waals surface area contributed by atoms with Crippen molar-refractivity contribution in [2.75, 3.05) is 20.1 Å². The van der Waals surface area contributed by atoms with Crippen LogP contribution in [0.25, 0.3) is 0 Å². The minimum absolute atomic E-state index is 0.0292. The van der Waals surface area contributed by atoms with Crippen LogP contribution >= 0.6 is 0 Å². The summed E-state index contributed by atoms with van der Waals surface area (Å²) >= 11 is 0. The number of hydrogen-bond donors (Lipinski definition) is 2. The summed E-state index contributed by atoms with van der Waals surface area (Å²) in [5.41, 5.74) is -0.738. The summed E-state index contributed by atoms with van der Waals surface area (Å²) < 4.78 is 40.3. The van der Waals surface area contributed by atoms with Crippen LogP contribution in [0, 0.1) is 0 Å². The molecule has 1 aliphatic heterocycles. The molecular weight excluding hydrogens is 345 g/mol. The molecule has 1 saturated heterocycles. The topological polar surface area (TPSA) is 57.5 Å². The van der Waals surface area contributed by atoms with Crippen LogP contribution in [0.2, 0.25) is 0 Å². The standard InChI is InChI=1S/C17H27F3N6/c1-21-16(22-9-12-10-25(2)24-15(12)17(18,19)20)23-13-7-8-26(11-13)14-5-3-4-6-14/h10,13-14H,3-9,11H2,1-2H3,(H2,21,22,23). The minimum Gasteiger partial charge on any atom is -0.352 e. The molecule has 2 N–H and O–H groups in total. The Labute approximate surface area is 151 Å². The van der Waals surface area contributed by atoms with Gasteiger partial charge in [-0.15, -0.1) is 0 Å². The van der Waals surface area contributed by atoms with E-state index in [0.29, 0.717) is 12.0 Å². The van der Waals surface area contributed by atoms with Crippen LogP contribution < -0.4 is 10.6 Å². The molecule has 1 aliphatic carbocycles. The molecule has 1 aromatic rings. The quantitative estimate of drug-likeness (QED) is 0.628. The van der Waals surface area contributed by atoms with Crippen molar-refractivity contribution in [2.24, 2.45) is 12.0 Å². The second-order valence-corrected chi connectivity index (χ2v) is 7.16. The number of nitrogens with zero attached hydrogens (tertiary/aromatic N) is 4. The molecule has 146 valence electrons. The largest absolute Gasteiger partial charge is 0.435 e. The second kappa shape index (κ2) is 7.85. The molecule has 2 fully saturated rings. The summed E-state index contributed by atoms with van der Waals surface area (Å²) in [6.07, 6.45) is 3.15. The van der Waals surface area contributed by atoms with Crippen molar-refractivity contribution >= 4 is 5.96 Å². The predicted octanol–water partition coefficient (Wildman–Crippen LogP) is 2.12. The summed E-state index contributed by atoms with van der Waals surface area (Å²) in [5.74, 6) is 0.528. The Hall–Kier alpha value is -1.77. The first-order chi connectivity index (χ1) is 12.4. The molecule has 9 heteroatoms. The fraction of sp³-hybridized carbons (Fsp3) is 0.765. The van der Waals surface area contributed by atoms with Gasteiger partial charge >= 0.3 is 6.18 Å². The monoisotopic (exact) mass is 372 g/mol. The lowest BCUT2D eigenvalue weighted by Crippen LogP contribution is -2.45. The SMILES string of the molecule is CN=C(NCc1cn(C)nc1C(F)(F)F)NC1CCN(C2CCCC2)C1. The summed E-state index contributed by atoms with van der Waals surface area (Å²) in [5, 5.41) is 9.86. The van der Waals surface area contributed by atoms with E-state index in [9.17, 15) is 13.2 Å². The van der Waals surface area contributed by atoms with Gasteiger partial charge in [-0.1, -0.05) is 12.8 Å². The second-order valence-electron chi connectivity index (χ2n) is 7.16. The van der Waals surface area contributed by atoms with Gasteiger partial charge in [0.2, 0.25) is 0 Å². The Morgan fingerprint density at radius 2 is 2.04 bits per heavy atom. The molecule has 0 amide bonds. The van der Waals surface area contributed by atoms with Crippen molar-refractivity contribution in [3.8, 4) is 0 Å². The first-order valence-corrected chi connectivity index (χ1v) is 9.17. The molecule has 0 radical (unpaired) electrons. The smallest absolute Gasteiger partial charge is 0.352 e. The first-order valence-electron chi connectivity index (χ1n) is 9.17. The molecule has 0 spiro atoms. The summed E-state index contributed by atoms with van der Waals surface area (Å²) in [6, 6.07) is 0.972. The lowest BCUT2D eigenvalue weighted by atomic mass is 10.2. The van der Waals surface area contributed by atoms with Crippen LogP contribution in [0.1, 0.15) is 43.4 Å². The highest BCUT2D eigenvalue weighted by molar-refractivity contribution is 5.80. The van der Waals surface area contributed by atoms with E-state index in [2.05, 4.69) is 25.6 Å². The summed E-state index contributed by atoms with van der Waals surface area (Å²) in [4.78, 5) is 6.68. The zero-order valence-electron chi connectivity index (χ0n) is 15.3. The molecule has 26 heavy (non-hydrogen) atoms.